The molecule has 0 saturated heterocycles. The van der Waals surface area contributed by atoms with Crippen LogP contribution in [-0.2, 0) is 6.54 Å². The van der Waals surface area contributed by atoms with Crippen LogP contribution >= 0.6 is 12.2 Å². The van der Waals surface area contributed by atoms with Gasteiger partial charge in [0.25, 0.3) is 0 Å². The molecule has 0 spiro atoms. The van der Waals surface area contributed by atoms with Crippen LogP contribution in [0.3, 0.4) is 0 Å². The lowest BCUT2D eigenvalue weighted by Gasteiger charge is -2.08. The van der Waals surface area contributed by atoms with Gasteiger partial charge in [-0.25, -0.2) is 0 Å². The Balaban J connectivity index is 1.97. The van der Waals surface area contributed by atoms with Crippen LogP contribution in [0.1, 0.15) is 19.2 Å². The number of thiocarbonyl (C=S) groups is 1. The lowest BCUT2D eigenvalue weighted by atomic mass is 10.4. The van der Waals surface area contributed by atoms with Crippen molar-refractivity contribution >= 4 is 23.0 Å². The lowest BCUT2D eigenvalue weighted by molar-refractivity contribution is 0.766. The molecule has 6 heteroatoms. The van der Waals surface area contributed by atoms with E-state index in [-0.39, 0.29) is 0 Å². The molecule has 2 aromatic heterocycles. The van der Waals surface area contributed by atoms with Crippen molar-refractivity contribution in [1.82, 2.24) is 25.2 Å². The minimum absolute atomic E-state index is 0.570. The lowest BCUT2D eigenvalue weighted by Crippen LogP contribution is -2.35. The molecule has 0 radical (unpaired) electrons. The summed E-state index contributed by atoms with van der Waals surface area (Å²) >= 11 is 5.14. The van der Waals surface area contributed by atoms with Gasteiger partial charge in [-0.05, 0) is 30.8 Å². The Morgan fingerprint density at radius 2 is 2.24 bits per heavy atom. The molecule has 0 fully saturated rings. The van der Waals surface area contributed by atoms with E-state index < -0.39 is 0 Å². The van der Waals surface area contributed by atoms with Crippen molar-refractivity contribution in [2.24, 2.45) is 0 Å². The summed E-state index contributed by atoms with van der Waals surface area (Å²) in [5.41, 5.74) is 0.844. The largest absolute Gasteiger partial charge is 0.363 e. The Morgan fingerprint density at radius 3 is 3.06 bits per heavy atom. The van der Waals surface area contributed by atoms with Gasteiger partial charge in [0, 0.05) is 12.7 Å². The van der Waals surface area contributed by atoms with Gasteiger partial charge in [0.05, 0.1) is 6.54 Å². The number of hydrogen-bond acceptors (Lipinski definition) is 3. The Morgan fingerprint density at radius 1 is 1.35 bits per heavy atom. The molecule has 2 aromatic rings. The summed E-state index contributed by atoms with van der Waals surface area (Å²) in [6.45, 7) is 3.55. The fourth-order valence-electron chi connectivity index (χ4n) is 1.47. The van der Waals surface area contributed by atoms with Crippen molar-refractivity contribution in [1.29, 1.82) is 0 Å². The smallest absolute Gasteiger partial charge is 0.166 e. The number of nitrogens with one attached hydrogen (secondary N) is 2. The van der Waals surface area contributed by atoms with Crippen LogP contribution in [0.2, 0.25) is 0 Å². The highest BCUT2D eigenvalue weighted by Gasteiger charge is 2.04. The van der Waals surface area contributed by atoms with Crippen molar-refractivity contribution in [3.05, 3.63) is 30.2 Å². The fraction of sp³-hybridized carbons (Fsp3) is 0.364. The molecule has 0 saturated carbocycles. The van der Waals surface area contributed by atoms with Crippen LogP contribution in [0.4, 0.5) is 0 Å². The second-order valence-electron chi connectivity index (χ2n) is 3.65. The molecule has 0 aliphatic carbocycles. The normalized spacial score (nSPS) is 10.4. The van der Waals surface area contributed by atoms with E-state index in [0.29, 0.717) is 11.7 Å². The molecule has 0 atom stereocenters. The van der Waals surface area contributed by atoms with E-state index >= 15 is 0 Å². The van der Waals surface area contributed by atoms with E-state index in [1.807, 2.05) is 28.8 Å². The molecule has 17 heavy (non-hydrogen) atoms. The molecule has 0 amide bonds. The molecule has 0 unspecified atom stereocenters. The van der Waals surface area contributed by atoms with Crippen LogP contribution in [0.15, 0.2) is 24.4 Å². The number of aromatic nitrogens is 3. The first-order valence-corrected chi connectivity index (χ1v) is 6.02. The summed E-state index contributed by atoms with van der Waals surface area (Å²) in [4.78, 5) is 0. The second kappa shape index (κ2) is 5.58. The summed E-state index contributed by atoms with van der Waals surface area (Å²) in [6, 6.07) is 5.81. The van der Waals surface area contributed by atoms with Gasteiger partial charge in [0.1, 0.15) is 0 Å². The predicted octanol–water partition coefficient (Wildman–Crippen LogP) is 1.10. The van der Waals surface area contributed by atoms with Gasteiger partial charge in [-0.1, -0.05) is 13.0 Å². The first-order valence-electron chi connectivity index (χ1n) is 5.61. The van der Waals surface area contributed by atoms with Crippen LogP contribution in [0.25, 0.3) is 5.65 Å². The zero-order valence-corrected chi connectivity index (χ0v) is 10.5. The molecule has 5 nitrogen and oxygen atoms in total. The first-order chi connectivity index (χ1) is 8.31. The molecule has 2 N–H and O–H groups in total. The quantitative estimate of drug-likeness (QED) is 0.795. The maximum Gasteiger partial charge on any atom is 0.166 e. The van der Waals surface area contributed by atoms with E-state index in [1.54, 1.807) is 0 Å². The van der Waals surface area contributed by atoms with E-state index in [1.165, 1.54) is 0 Å². The van der Waals surface area contributed by atoms with Crippen LogP contribution in [-0.4, -0.2) is 26.3 Å². The molecule has 0 aromatic carbocycles. The van der Waals surface area contributed by atoms with Crippen LogP contribution in [0.5, 0.6) is 0 Å². The SMILES string of the molecule is CCCNC(=S)NCc1nnc2ccccn12. The standard InChI is InChI=1S/C11H15N5S/c1-2-6-12-11(17)13-8-10-15-14-9-5-3-4-7-16(9)10/h3-5,7H,2,6,8H2,1H3,(H2,12,13,17). The number of nitrogens with zero attached hydrogens (tertiary/aromatic N) is 3. The van der Waals surface area contributed by atoms with E-state index in [2.05, 4.69) is 27.8 Å². The molecule has 0 aliphatic heterocycles. The summed E-state index contributed by atoms with van der Waals surface area (Å²) in [7, 11) is 0. The maximum atomic E-state index is 5.14. The zero-order chi connectivity index (χ0) is 12.1. The van der Waals surface area contributed by atoms with Gasteiger partial charge in [-0.15, -0.1) is 10.2 Å². The average molecular weight is 249 g/mol. The molecular weight excluding hydrogens is 234 g/mol. The maximum absolute atomic E-state index is 5.14. The number of fused-ring (bicyclic) bond motifs is 1. The first kappa shape index (κ1) is 11.8. The van der Waals surface area contributed by atoms with Crippen molar-refractivity contribution in [2.45, 2.75) is 19.9 Å². The number of pyridine rings is 1. The third-order valence-corrected chi connectivity index (χ3v) is 2.62. The van der Waals surface area contributed by atoms with Crippen molar-refractivity contribution < 1.29 is 0 Å². The Labute approximate surface area is 105 Å². The summed E-state index contributed by atoms with van der Waals surface area (Å²) in [5.74, 6) is 0.848. The van der Waals surface area contributed by atoms with Gasteiger partial charge in [0.15, 0.2) is 16.6 Å². The summed E-state index contributed by atoms with van der Waals surface area (Å²) in [6.07, 6.45) is 2.99. The third kappa shape index (κ3) is 2.91. The Kier molecular flexibility index (Phi) is 3.87. The van der Waals surface area contributed by atoms with Gasteiger partial charge in [-0.3, -0.25) is 4.40 Å². The van der Waals surface area contributed by atoms with Crippen molar-refractivity contribution in [3.63, 3.8) is 0 Å². The molecule has 2 rings (SSSR count). The topological polar surface area (TPSA) is 54.2 Å². The van der Waals surface area contributed by atoms with E-state index in [0.717, 1.165) is 24.4 Å². The fourth-order valence-corrected chi connectivity index (χ4v) is 1.65. The molecule has 2 heterocycles. The number of rotatable bonds is 4. The number of hydrogen-bond donors (Lipinski definition) is 2. The minimum atomic E-state index is 0.570. The second-order valence-corrected chi connectivity index (χ2v) is 4.06. The monoisotopic (exact) mass is 249 g/mol. The van der Waals surface area contributed by atoms with Crippen molar-refractivity contribution in [3.8, 4) is 0 Å². The Bertz CT molecular complexity index is 507. The molecule has 90 valence electrons. The molecular formula is C11H15N5S. The summed E-state index contributed by atoms with van der Waals surface area (Å²) in [5, 5.41) is 15.0. The van der Waals surface area contributed by atoms with Crippen molar-refractivity contribution in [2.75, 3.05) is 6.54 Å². The average Bonchev–Trinajstić information content (AvgIpc) is 2.77. The van der Waals surface area contributed by atoms with E-state index in [4.69, 9.17) is 12.2 Å². The highest BCUT2D eigenvalue weighted by Crippen LogP contribution is 2.01. The summed E-state index contributed by atoms with van der Waals surface area (Å²) < 4.78 is 1.94. The molecule has 0 aliphatic rings. The van der Waals surface area contributed by atoms with Crippen LogP contribution in [0, 0.1) is 0 Å². The minimum Gasteiger partial charge on any atom is -0.363 e. The molecule has 0 bridgehead atoms. The third-order valence-electron chi connectivity index (χ3n) is 2.33. The highest BCUT2D eigenvalue weighted by molar-refractivity contribution is 7.80. The Hall–Kier alpha value is -1.69. The predicted molar refractivity (Wildman–Crippen MR) is 70.7 cm³/mol. The van der Waals surface area contributed by atoms with Gasteiger partial charge >= 0.3 is 0 Å². The van der Waals surface area contributed by atoms with Gasteiger partial charge in [0.2, 0.25) is 0 Å². The van der Waals surface area contributed by atoms with Gasteiger partial charge < -0.3 is 10.6 Å². The van der Waals surface area contributed by atoms with E-state index in [9.17, 15) is 0 Å². The van der Waals surface area contributed by atoms with Gasteiger partial charge in [-0.2, -0.15) is 0 Å². The van der Waals surface area contributed by atoms with Crippen LogP contribution < -0.4 is 10.6 Å². The highest BCUT2D eigenvalue weighted by atomic mass is 32.1. The zero-order valence-electron chi connectivity index (χ0n) is 9.68.